The number of ether oxygens (including phenoxy) is 1. The highest BCUT2D eigenvalue weighted by Gasteiger charge is 2.24. The van der Waals surface area contributed by atoms with Gasteiger partial charge in [0.1, 0.15) is 11.4 Å². The molecule has 0 saturated carbocycles. The van der Waals surface area contributed by atoms with Crippen LogP contribution in [-0.4, -0.2) is 22.1 Å². The summed E-state index contributed by atoms with van der Waals surface area (Å²) in [7, 11) is 1.87. The molecule has 1 aliphatic heterocycles. The zero-order valence-corrected chi connectivity index (χ0v) is 13.9. The number of nitrogens with one attached hydrogen (secondary N) is 1. The van der Waals surface area contributed by atoms with Gasteiger partial charge in [0.2, 0.25) is 0 Å². The molecule has 2 aromatic heterocycles. The van der Waals surface area contributed by atoms with Crippen molar-refractivity contribution >= 4 is 28.4 Å². The minimum Gasteiger partial charge on any atom is -0.493 e. The number of nitrogens with zero attached hydrogens (tertiary/aromatic N) is 2. The fraction of sp³-hybridized carbons (Fsp3) is 0.222. The van der Waals surface area contributed by atoms with Gasteiger partial charge in [0.05, 0.1) is 12.6 Å². The molecule has 0 radical (unpaired) electrons. The van der Waals surface area contributed by atoms with Gasteiger partial charge >= 0.3 is 0 Å². The highest BCUT2D eigenvalue weighted by atomic mass is 35.5. The monoisotopic (exact) mass is 341 g/mol. The third kappa shape index (κ3) is 2.51. The molecule has 24 heavy (non-hydrogen) atoms. The van der Waals surface area contributed by atoms with E-state index in [1.807, 2.05) is 41.9 Å². The first-order chi connectivity index (χ1) is 11.6. The Morgan fingerprint density at radius 3 is 3.12 bits per heavy atom. The smallest absolute Gasteiger partial charge is 0.268 e. The molecule has 1 aromatic carbocycles. The number of amides is 1. The lowest BCUT2D eigenvalue weighted by molar-refractivity contribution is 0.0917. The van der Waals surface area contributed by atoms with Crippen molar-refractivity contribution < 1.29 is 9.53 Å². The minimum atomic E-state index is -0.119. The third-order valence-corrected chi connectivity index (χ3v) is 4.63. The van der Waals surface area contributed by atoms with Crippen LogP contribution in [0.3, 0.4) is 0 Å². The third-order valence-electron chi connectivity index (χ3n) is 4.39. The Labute approximate surface area is 144 Å². The first-order valence-electron chi connectivity index (χ1n) is 7.76. The molecule has 0 saturated heterocycles. The van der Waals surface area contributed by atoms with Gasteiger partial charge in [-0.15, -0.1) is 0 Å². The Hall–Kier alpha value is -2.53. The van der Waals surface area contributed by atoms with Crippen LogP contribution in [0.1, 0.15) is 28.5 Å². The van der Waals surface area contributed by atoms with E-state index in [9.17, 15) is 4.79 Å². The molecule has 0 bridgehead atoms. The van der Waals surface area contributed by atoms with Crippen molar-refractivity contribution in [2.75, 3.05) is 6.61 Å². The number of aromatic nitrogens is 2. The summed E-state index contributed by atoms with van der Waals surface area (Å²) in [5.41, 5.74) is 2.45. The quantitative estimate of drug-likeness (QED) is 0.776. The van der Waals surface area contributed by atoms with E-state index >= 15 is 0 Å². The number of aryl methyl sites for hydroxylation is 1. The van der Waals surface area contributed by atoms with Crippen molar-refractivity contribution in [2.45, 2.75) is 12.5 Å². The number of hydrogen-bond acceptors (Lipinski definition) is 3. The molecule has 1 aliphatic rings. The molecule has 1 amide bonds. The molecular formula is C18H16ClN3O2. The van der Waals surface area contributed by atoms with Crippen molar-refractivity contribution in [3.8, 4) is 5.75 Å². The minimum absolute atomic E-state index is 0.100. The van der Waals surface area contributed by atoms with Gasteiger partial charge in [-0.3, -0.25) is 9.78 Å². The van der Waals surface area contributed by atoms with Crippen LogP contribution < -0.4 is 10.1 Å². The van der Waals surface area contributed by atoms with Gasteiger partial charge in [0.25, 0.3) is 5.91 Å². The number of hydrogen-bond donors (Lipinski definition) is 1. The number of fused-ring (bicyclic) bond motifs is 2. The molecule has 3 heterocycles. The van der Waals surface area contributed by atoms with Gasteiger partial charge in [-0.05, 0) is 24.3 Å². The molecule has 0 spiro atoms. The van der Waals surface area contributed by atoms with Crippen LogP contribution in [0.25, 0.3) is 10.9 Å². The average molecular weight is 342 g/mol. The predicted octanol–water partition coefficient (Wildman–Crippen LogP) is 3.48. The summed E-state index contributed by atoms with van der Waals surface area (Å²) in [6.07, 6.45) is 4.16. The van der Waals surface area contributed by atoms with E-state index in [0.29, 0.717) is 17.3 Å². The normalized spacial score (nSPS) is 16.5. The van der Waals surface area contributed by atoms with Crippen LogP contribution in [0, 0.1) is 0 Å². The van der Waals surface area contributed by atoms with E-state index in [2.05, 4.69) is 10.3 Å². The second kappa shape index (κ2) is 5.83. The van der Waals surface area contributed by atoms with Crippen molar-refractivity contribution in [1.29, 1.82) is 0 Å². The number of pyridine rings is 1. The first kappa shape index (κ1) is 15.0. The molecule has 0 aliphatic carbocycles. The Kier molecular flexibility index (Phi) is 3.65. The maximum atomic E-state index is 12.8. The molecule has 3 aromatic rings. The van der Waals surface area contributed by atoms with Gasteiger partial charge in [-0.25, -0.2) is 0 Å². The van der Waals surface area contributed by atoms with Crippen LogP contribution in [0.15, 0.2) is 42.7 Å². The first-order valence-corrected chi connectivity index (χ1v) is 8.14. The van der Waals surface area contributed by atoms with Crippen molar-refractivity contribution in [3.63, 3.8) is 0 Å². The van der Waals surface area contributed by atoms with Crippen LogP contribution in [0.2, 0.25) is 5.02 Å². The highest BCUT2D eigenvalue weighted by molar-refractivity contribution is 6.31. The van der Waals surface area contributed by atoms with E-state index in [4.69, 9.17) is 16.3 Å². The van der Waals surface area contributed by atoms with Crippen LogP contribution in [0.5, 0.6) is 5.75 Å². The molecule has 1 unspecified atom stereocenters. The maximum Gasteiger partial charge on any atom is 0.268 e. The van der Waals surface area contributed by atoms with E-state index in [0.717, 1.165) is 28.6 Å². The van der Waals surface area contributed by atoms with Gasteiger partial charge in [-0.1, -0.05) is 17.7 Å². The molecule has 4 rings (SSSR count). The van der Waals surface area contributed by atoms with Gasteiger partial charge in [0, 0.05) is 47.4 Å². The summed E-state index contributed by atoms with van der Waals surface area (Å²) < 4.78 is 7.48. The van der Waals surface area contributed by atoms with E-state index in [1.54, 1.807) is 12.4 Å². The number of halogens is 1. The molecule has 0 fully saturated rings. The Morgan fingerprint density at radius 1 is 1.38 bits per heavy atom. The summed E-state index contributed by atoms with van der Waals surface area (Å²) in [4.78, 5) is 16.9. The van der Waals surface area contributed by atoms with Crippen LogP contribution in [0.4, 0.5) is 0 Å². The van der Waals surface area contributed by atoms with E-state index < -0.39 is 0 Å². The van der Waals surface area contributed by atoms with E-state index in [1.165, 1.54) is 0 Å². The topological polar surface area (TPSA) is 56.2 Å². The summed E-state index contributed by atoms with van der Waals surface area (Å²) in [5, 5.41) is 4.73. The zero-order valence-electron chi connectivity index (χ0n) is 13.1. The lowest BCUT2D eigenvalue weighted by Crippen LogP contribution is -2.33. The molecular weight excluding hydrogens is 326 g/mol. The lowest BCUT2D eigenvalue weighted by Gasteiger charge is -2.26. The van der Waals surface area contributed by atoms with Gasteiger partial charge in [-0.2, -0.15) is 0 Å². The molecule has 1 N–H and O–H groups in total. The molecule has 1 atom stereocenters. The second-order valence-electron chi connectivity index (χ2n) is 5.87. The van der Waals surface area contributed by atoms with Gasteiger partial charge in [0.15, 0.2) is 0 Å². The average Bonchev–Trinajstić information content (AvgIpc) is 2.92. The standard InChI is InChI=1S/C18H16ClN3O2/c1-22-15-9-12(19)3-2-11(15)8-16(22)18(23)21-14-5-7-24-17-4-6-20-10-13(14)17/h2-4,6,8-10,14H,5,7H2,1H3,(H,21,23). The number of rotatable bonds is 2. The molecule has 122 valence electrons. The lowest BCUT2D eigenvalue weighted by atomic mass is 10.0. The maximum absolute atomic E-state index is 12.8. The fourth-order valence-electron chi connectivity index (χ4n) is 3.13. The Bertz CT molecular complexity index is 935. The van der Waals surface area contributed by atoms with E-state index in [-0.39, 0.29) is 11.9 Å². The summed E-state index contributed by atoms with van der Waals surface area (Å²) in [6.45, 7) is 0.576. The van der Waals surface area contributed by atoms with Crippen molar-refractivity contribution in [3.05, 3.63) is 59.0 Å². The Balaban J connectivity index is 1.65. The second-order valence-corrected chi connectivity index (χ2v) is 6.30. The zero-order chi connectivity index (χ0) is 16.7. The molecule has 6 heteroatoms. The SMILES string of the molecule is Cn1c(C(=O)NC2CCOc3ccncc32)cc2ccc(Cl)cc21. The van der Waals surface area contributed by atoms with Crippen molar-refractivity contribution in [2.24, 2.45) is 7.05 Å². The van der Waals surface area contributed by atoms with Crippen LogP contribution >= 0.6 is 11.6 Å². The Morgan fingerprint density at radius 2 is 2.25 bits per heavy atom. The largest absolute Gasteiger partial charge is 0.493 e. The summed E-state index contributed by atoms with van der Waals surface area (Å²) >= 11 is 6.06. The highest BCUT2D eigenvalue weighted by Crippen LogP contribution is 2.31. The van der Waals surface area contributed by atoms with Gasteiger partial charge < -0.3 is 14.6 Å². The molecule has 5 nitrogen and oxygen atoms in total. The summed E-state index contributed by atoms with van der Waals surface area (Å²) in [5.74, 6) is 0.664. The summed E-state index contributed by atoms with van der Waals surface area (Å²) in [6, 6.07) is 9.21. The van der Waals surface area contributed by atoms with Crippen molar-refractivity contribution in [1.82, 2.24) is 14.9 Å². The fourth-order valence-corrected chi connectivity index (χ4v) is 3.30. The number of benzene rings is 1. The number of carbonyl (C=O) groups is 1. The van der Waals surface area contributed by atoms with Crippen LogP contribution in [-0.2, 0) is 7.05 Å². The number of carbonyl (C=O) groups excluding carboxylic acids is 1. The predicted molar refractivity (Wildman–Crippen MR) is 92.5 cm³/mol.